The predicted octanol–water partition coefficient (Wildman–Crippen LogP) is 4.21. The summed E-state index contributed by atoms with van der Waals surface area (Å²) in [6.45, 7) is 4.45. The molecule has 0 N–H and O–H groups in total. The van der Waals surface area contributed by atoms with Crippen molar-refractivity contribution >= 4 is 0 Å². The molecule has 0 nitrogen and oxygen atoms in total. The number of hydrogen-bond donors (Lipinski definition) is 0. The third kappa shape index (κ3) is 1.51. The minimum absolute atomic E-state index is 0.892. The number of benzene rings is 1. The molecule has 15 heavy (non-hydrogen) atoms. The molecule has 0 aromatic heterocycles. The van der Waals surface area contributed by atoms with Crippen molar-refractivity contribution in [3.05, 3.63) is 34.9 Å². The lowest BCUT2D eigenvalue weighted by Gasteiger charge is -2.22. The van der Waals surface area contributed by atoms with Crippen LogP contribution in [0.1, 0.15) is 48.3 Å². The Bertz CT molecular complexity index is 378. The molecule has 0 saturated heterocycles. The molecule has 1 aromatic carbocycles. The SMILES string of the molecule is Cc1ccc(C2CC3CCC2C3)cc1C. The molecule has 0 amide bonds. The topological polar surface area (TPSA) is 0 Å². The fourth-order valence-corrected chi connectivity index (χ4v) is 3.65. The lowest BCUT2D eigenvalue weighted by atomic mass is 9.82. The smallest absolute Gasteiger partial charge is 0.0131 e. The molecule has 2 aliphatic rings. The summed E-state index contributed by atoms with van der Waals surface area (Å²) in [4.78, 5) is 0. The van der Waals surface area contributed by atoms with Gasteiger partial charge in [0, 0.05) is 0 Å². The van der Waals surface area contributed by atoms with Crippen LogP contribution in [0.25, 0.3) is 0 Å². The van der Waals surface area contributed by atoms with Gasteiger partial charge in [0.15, 0.2) is 0 Å². The summed E-state index contributed by atoms with van der Waals surface area (Å²) in [7, 11) is 0. The Morgan fingerprint density at radius 1 is 1.00 bits per heavy atom. The van der Waals surface area contributed by atoms with E-state index in [1.165, 1.54) is 36.8 Å². The first-order chi connectivity index (χ1) is 7.24. The normalized spacial score (nSPS) is 33.6. The monoisotopic (exact) mass is 200 g/mol. The first-order valence-electron chi connectivity index (χ1n) is 6.31. The predicted molar refractivity (Wildman–Crippen MR) is 64.1 cm³/mol. The van der Waals surface area contributed by atoms with Gasteiger partial charge in [0.2, 0.25) is 0 Å². The first-order valence-corrected chi connectivity index (χ1v) is 6.31. The number of aryl methyl sites for hydroxylation is 2. The summed E-state index contributed by atoms with van der Waals surface area (Å²) >= 11 is 0. The first kappa shape index (κ1) is 9.45. The van der Waals surface area contributed by atoms with E-state index < -0.39 is 0 Å². The number of fused-ring (bicyclic) bond motifs is 2. The van der Waals surface area contributed by atoms with Crippen LogP contribution in [0.3, 0.4) is 0 Å². The second kappa shape index (κ2) is 3.37. The standard InChI is InChI=1S/C15H20/c1-10-3-5-13(7-11(10)2)15-9-12-4-6-14(15)8-12/h3,5,7,12,14-15H,4,6,8-9H2,1-2H3. The van der Waals surface area contributed by atoms with Gasteiger partial charge in [0.1, 0.15) is 0 Å². The fourth-order valence-electron chi connectivity index (χ4n) is 3.65. The largest absolute Gasteiger partial charge is 0.0588 e. The highest BCUT2D eigenvalue weighted by atomic mass is 14.4. The zero-order valence-electron chi connectivity index (χ0n) is 9.79. The summed E-state index contributed by atoms with van der Waals surface area (Å²) in [5.74, 6) is 2.96. The Morgan fingerprint density at radius 3 is 2.47 bits per heavy atom. The Labute approximate surface area is 92.7 Å². The molecule has 3 rings (SSSR count). The van der Waals surface area contributed by atoms with Crippen molar-refractivity contribution in [2.24, 2.45) is 11.8 Å². The molecule has 80 valence electrons. The van der Waals surface area contributed by atoms with E-state index in [0.29, 0.717) is 0 Å². The van der Waals surface area contributed by atoms with E-state index >= 15 is 0 Å². The highest BCUT2D eigenvalue weighted by Gasteiger charge is 2.39. The van der Waals surface area contributed by atoms with Crippen molar-refractivity contribution in [1.82, 2.24) is 0 Å². The van der Waals surface area contributed by atoms with Crippen molar-refractivity contribution < 1.29 is 0 Å². The van der Waals surface area contributed by atoms with Gasteiger partial charge in [-0.25, -0.2) is 0 Å². The van der Waals surface area contributed by atoms with E-state index in [2.05, 4.69) is 32.0 Å². The molecule has 0 heteroatoms. The van der Waals surface area contributed by atoms with Gasteiger partial charge in [0.05, 0.1) is 0 Å². The van der Waals surface area contributed by atoms with Crippen molar-refractivity contribution in [3.8, 4) is 0 Å². The number of rotatable bonds is 1. The van der Waals surface area contributed by atoms with E-state index in [9.17, 15) is 0 Å². The maximum Gasteiger partial charge on any atom is -0.0131 e. The van der Waals surface area contributed by atoms with Gasteiger partial charge in [-0.15, -0.1) is 0 Å². The second-order valence-electron chi connectivity index (χ2n) is 5.63. The summed E-state index contributed by atoms with van der Waals surface area (Å²) < 4.78 is 0. The lowest BCUT2D eigenvalue weighted by Crippen LogP contribution is -2.08. The van der Waals surface area contributed by atoms with E-state index in [4.69, 9.17) is 0 Å². The van der Waals surface area contributed by atoms with Crippen LogP contribution in [0.2, 0.25) is 0 Å². The van der Waals surface area contributed by atoms with E-state index in [0.717, 1.165) is 17.8 Å². The average Bonchev–Trinajstić information content (AvgIpc) is 2.83. The molecule has 3 atom stereocenters. The van der Waals surface area contributed by atoms with E-state index in [1.54, 1.807) is 5.56 Å². The molecule has 0 aliphatic heterocycles. The molecule has 2 bridgehead atoms. The molecule has 0 radical (unpaired) electrons. The molecule has 2 fully saturated rings. The minimum atomic E-state index is 0.892. The van der Waals surface area contributed by atoms with Crippen LogP contribution in [0.4, 0.5) is 0 Å². The molecule has 2 aliphatic carbocycles. The second-order valence-corrected chi connectivity index (χ2v) is 5.63. The fraction of sp³-hybridized carbons (Fsp3) is 0.600. The van der Waals surface area contributed by atoms with Crippen molar-refractivity contribution in [2.75, 3.05) is 0 Å². The molecule has 2 saturated carbocycles. The van der Waals surface area contributed by atoms with Gasteiger partial charge in [-0.1, -0.05) is 24.6 Å². The summed E-state index contributed by atoms with van der Waals surface area (Å²) in [5, 5.41) is 0. The van der Waals surface area contributed by atoms with Crippen LogP contribution in [0.15, 0.2) is 18.2 Å². The summed E-state index contributed by atoms with van der Waals surface area (Å²) in [6.07, 6.45) is 5.97. The van der Waals surface area contributed by atoms with Gasteiger partial charge in [-0.2, -0.15) is 0 Å². The maximum atomic E-state index is 2.43. The Morgan fingerprint density at radius 2 is 1.87 bits per heavy atom. The van der Waals surface area contributed by atoms with Gasteiger partial charge < -0.3 is 0 Å². The zero-order chi connectivity index (χ0) is 10.4. The molecular weight excluding hydrogens is 180 g/mol. The molecule has 1 aromatic rings. The van der Waals surface area contributed by atoms with Crippen LogP contribution >= 0.6 is 0 Å². The van der Waals surface area contributed by atoms with Crippen molar-refractivity contribution in [3.63, 3.8) is 0 Å². The van der Waals surface area contributed by atoms with E-state index in [-0.39, 0.29) is 0 Å². The molecule has 0 heterocycles. The van der Waals surface area contributed by atoms with Crippen molar-refractivity contribution in [1.29, 1.82) is 0 Å². The average molecular weight is 200 g/mol. The van der Waals surface area contributed by atoms with Crippen LogP contribution in [0, 0.1) is 25.7 Å². The third-order valence-electron chi connectivity index (χ3n) is 4.70. The Kier molecular flexibility index (Phi) is 2.12. The summed E-state index contributed by atoms with van der Waals surface area (Å²) in [5.41, 5.74) is 4.52. The lowest BCUT2D eigenvalue weighted by molar-refractivity contribution is 0.420. The zero-order valence-corrected chi connectivity index (χ0v) is 9.79. The highest BCUT2D eigenvalue weighted by Crippen LogP contribution is 2.52. The third-order valence-corrected chi connectivity index (χ3v) is 4.70. The van der Waals surface area contributed by atoms with Crippen LogP contribution in [0.5, 0.6) is 0 Å². The number of hydrogen-bond acceptors (Lipinski definition) is 0. The Hall–Kier alpha value is -0.780. The van der Waals surface area contributed by atoms with Gasteiger partial charge in [0.25, 0.3) is 0 Å². The van der Waals surface area contributed by atoms with Crippen LogP contribution < -0.4 is 0 Å². The van der Waals surface area contributed by atoms with Crippen LogP contribution in [-0.4, -0.2) is 0 Å². The van der Waals surface area contributed by atoms with Gasteiger partial charge in [-0.3, -0.25) is 0 Å². The maximum absolute atomic E-state index is 2.43. The summed E-state index contributed by atoms with van der Waals surface area (Å²) in [6, 6.07) is 7.10. The quantitative estimate of drug-likeness (QED) is 0.637. The Balaban J connectivity index is 1.90. The van der Waals surface area contributed by atoms with Gasteiger partial charge >= 0.3 is 0 Å². The molecule has 3 unspecified atom stereocenters. The molecular formula is C15H20. The van der Waals surface area contributed by atoms with Crippen LogP contribution in [-0.2, 0) is 0 Å². The minimum Gasteiger partial charge on any atom is -0.0588 e. The van der Waals surface area contributed by atoms with E-state index in [1.807, 2.05) is 0 Å². The highest BCUT2D eigenvalue weighted by molar-refractivity contribution is 5.33. The van der Waals surface area contributed by atoms with Crippen molar-refractivity contribution in [2.45, 2.75) is 45.4 Å². The van der Waals surface area contributed by atoms with Gasteiger partial charge in [-0.05, 0) is 67.6 Å². The molecule has 0 spiro atoms.